The van der Waals surface area contributed by atoms with Crippen molar-refractivity contribution in [3.05, 3.63) is 78.5 Å². The number of imidazole rings is 1. The van der Waals surface area contributed by atoms with Crippen LogP contribution < -0.4 is 10.1 Å². The molecule has 2 aromatic carbocycles. The zero-order valence-electron chi connectivity index (χ0n) is 17.3. The number of fused-ring (bicyclic) bond motifs is 1. The average Bonchev–Trinajstić information content (AvgIpc) is 3.50. The zero-order valence-corrected chi connectivity index (χ0v) is 18.1. The fraction of sp³-hybridized carbons (Fsp3) is 0.0435. The Labute approximate surface area is 192 Å². The second kappa shape index (κ2) is 8.49. The molecule has 3 aromatic heterocycles. The van der Waals surface area contributed by atoms with Crippen molar-refractivity contribution in [1.82, 2.24) is 24.5 Å². The number of nitrogens with zero attached hydrogens (tertiary/aromatic N) is 6. The molecule has 0 atom stereocenters. The number of nitriles is 1. The summed E-state index contributed by atoms with van der Waals surface area (Å²) >= 11 is 1.23. The van der Waals surface area contributed by atoms with E-state index in [1.165, 1.54) is 17.5 Å². The van der Waals surface area contributed by atoms with Gasteiger partial charge in [0.25, 0.3) is 5.91 Å². The second-order valence-electron chi connectivity index (χ2n) is 6.87. The van der Waals surface area contributed by atoms with Gasteiger partial charge >= 0.3 is 0 Å². The van der Waals surface area contributed by atoms with E-state index in [4.69, 9.17) is 10.00 Å². The van der Waals surface area contributed by atoms with Gasteiger partial charge in [-0.2, -0.15) is 10.2 Å². The molecule has 0 fully saturated rings. The van der Waals surface area contributed by atoms with Crippen molar-refractivity contribution < 1.29 is 9.53 Å². The predicted molar refractivity (Wildman–Crippen MR) is 123 cm³/mol. The van der Waals surface area contributed by atoms with Crippen LogP contribution in [0.3, 0.4) is 0 Å². The number of ether oxygens (including phenoxy) is 1. The lowest BCUT2D eigenvalue weighted by Crippen LogP contribution is -2.16. The summed E-state index contributed by atoms with van der Waals surface area (Å²) in [6.45, 7) is 0. The maximum absolute atomic E-state index is 13.0. The van der Waals surface area contributed by atoms with Crippen molar-refractivity contribution in [3.63, 3.8) is 0 Å². The lowest BCUT2D eigenvalue weighted by atomic mass is 10.1. The van der Waals surface area contributed by atoms with Gasteiger partial charge in [-0.15, -0.1) is 0 Å². The lowest BCUT2D eigenvalue weighted by molar-refractivity contribution is 0.102. The van der Waals surface area contributed by atoms with Gasteiger partial charge in [0, 0.05) is 5.56 Å². The summed E-state index contributed by atoms with van der Waals surface area (Å²) in [6, 6.07) is 16.5. The number of methoxy groups -OCH3 is 1. The van der Waals surface area contributed by atoms with Crippen LogP contribution in [-0.2, 0) is 0 Å². The maximum Gasteiger partial charge on any atom is 0.276 e. The van der Waals surface area contributed by atoms with E-state index in [2.05, 4.69) is 31.3 Å². The Kier molecular flexibility index (Phi) is 5.22. The number of amides is 1. The number of para-hydroxylation sites is 2. The number of aromatic nitrogens is 5. The predicted octanol–water partition coefficient (Wildman–Crippen LogP) is 4.07. The van der Waals surface area contributed by atoms with Crippen LogP contribution in [-0.4, -0.2) is 37.5 Å². The topological polar surface area (TPSA) is 119 Å². The van der Waals surface area contributed by atoms with E-state index >= 15 is 0 Å². The number of carbonyl (C=O) groups excluding carboxylic acids is 1. The molecule has 0 saturated carbocycles. The zero-order chi connectivity index (χ0) is 22.8. The first-order valence-corrected chi connectivity index (χ1v) is 10.6. The molecule has 1 N–H and O–H groups in total. The molecule has 0 aliphatic carbocycles. The van der Waals surface area contributed by atoms with Gasteiger partial charge in [0.2, 0.25) is 0 Å². The normalized spacial score (nSPS) is 10.7. The number of benzene rings is 2. The number of rotatable bonds is 5. The number of carbonyl (C=O) groups is 1. The summed E-state index contributed by atoms with van der Waals surface area (Å²) in [4.78, 5) is 31.0. The molecule has 0 aliphatic heterocycles. The molecule has 0 saturated heterocycles. The molecule has 5 aromatic rings. The number of thiazole rings is 1. The summed E-state index contributed by atoms with van der Waals surface area (Å²) < 4.78 is 7.05. The van der Waals surface area contributed by atoms with Crippen LogP contribution in [0.2, 0.25) is 0 Å². The summed E-state index contributed by atoms with van der Waals surface area (Å²) in [5.74, 6) is 0.248. The van der Waals surface area contributed by atoms with Gasteiger partial charge in [-0.05, 0) is 24.3 Å². The van der Waals surface area contributed by atoms with Crippen LogP contribution >= 0.6 is 11.3 Å². The summed E-state index contributed by atoms with van der Waals surface area (Å²) in [5, 5.41) is 12.1. The quantitative estimate of drug-likeness (QED) is 0.426. The first kappa shape index (κ1) is 20.3. The molecule has 0 radical (unpaired) electrons. The van der Waals surface area contributed by atoms with Gasteiger partial charge in [-0.3, -0.25) is 14.7 Å². The smallest absolute Gasteiger partial charge is 0.276 e. The van der Waals surface area contributed by atoms with Gasteiger partial charge in [0.05, 0.1) is 48.8 Å². The minimum absolute atomic E-state index is 0.331. The van der Waals surface area contributed by atoms with Crippen molar-refractivity contribution in [3.8, 4) is 28.8 Å². The first-order valence-electron chi connectivity index (χ1n) is 9.77. The fourth-order valence-corrected chi connectivity index (χ4v) is 4.07. The molecular weight excluding hydrogens is 438 g/mol. The Morgan fingerprint density at radius 3 is 2.73 bits per heavy atom. The first-order chi connectivity index (χ1) is 16.2. The van der Waals surface area contributed by atoms with Crippen LogP contribution in [0.4, 0.5) is 5.13 Å². The van der Waals surface area contributed by atoms with Crippen molar-refractivity contribution in [2.75, 3.05) is 12.4 Å². The third kappa shape index (κ3) is 3.88. The van der Waals surface area contributed by atoms with E-state index in [1.807, 2.05) is 36.4 Å². The maximum atomic E-state index is 13.0. The van der Waals surface area contributed by atoms with E-state index in [0.29, 0.717) is 44.0 Å². The van der Waals surface area contributed by atoms with Gasteiger partial charge in [-0.1, -0.05) is 35.6 Å². The monoisotopic (exact) mass is 453 g/mol. The molecule has 5 rings (SSSR count). The van der Waals surface area contributed by atoms with E-state index < -0.39 is 0 Å². The highest BCUT2D eigenvalue weighted by molar-refractivity contribution is 7.21. The van der Waals surface area contributed by atoms with E-state index in [-0.39, 0.29) is 5.91 Å². The van der Waals surface area contributed by atoms with Gasteiger partial charge in [0.15, 0.2) is 15.6 Å². The highest BCUT2D eigenvalue weighted by Crippen LogP contribution is 2.27. The van der Waals surface area contributed by atoms with Crippen molar-refractivity contribution in [1.29, 1.82) is 5.26 Å². The minimum Gasteiger partial charge on any atom is -0.495 e. The second-order valence-corrected chi connectivity index (χ2v) is 7.84. The number of nitrogens with one attached hydrogen (secondary N) is 1. The molecule has 0 aliphatic rings. The Morgan fingerprint density at radius 2 is 1.94 bits per heavy atom. The molecule has 9 nitrogen and oxygen atoms in total. The third-order valence-electron chi connectivity index (χ3n) is 4.87. The Hall–Kier alpha value is -4.62. The number of hydrogen-bond acceptors (Lipinski definition) is 8. The summed E-state index contributed by atoms with van der Waals surface area (Å²) in [7, 11) is 1.57. The van der Waals surface area contributed by atoms with Crippen LogP contribution in [0, 0.1) is 11.3 Å². The Morgan fingerprint density at radius 1 is 1.12 bits per heavy atom. The van der Waals surface area contributed by atoms with E-state index in [0.717, 1.165) is 5.56 Å². The number of anilines is 1. The molecule has 1 amide bonds. The molecule has 160 valence electrons. The molecular formula is C23H15N7O2S. The SMILES string of the molecule is COc1ccccc1-n1cncc1C(=O)Nc1nc2ncc(-c3ccc(C#N)cc3)nc2s1. The van der Waals surface area contributed by atoms with Crippen molar-refractivity contribution in [2.45, 2.75) is 0 Å². The molecule has 0 bridgehead atoms. The van der Waals surface area contributed by atoms with Gasteiger partial charge in [0.1, 0.15) is 11.4 Å². The van der Waals surface area contributed by atoms with Crippen LogP contribution in [0.15, 0.2) is 67.3 Å². The van der Waals surface area contributed by atoms with Gasteiger partial charge < -0.3 is 4.74 Å². The largest absolute Gasteiger partial charge is 0.495 e. The standard InChI is InChI=1S/C23H15N7O2S/c1-32-19-5-3-2-4-17(19)30-13-25-12-18(30)21(31)29-23-28-20-22(33-23)27-16(11-26-20)15-8-6-14(10-24)7-9-15/h2-9,11-13H,1H3,(H,26,28,29,31). The molecule has 33 heavy (non-hydrogen) atoms. The molecule has 10 heteroatoms. The number of hydrogen-bond donors (Lipinski definition) is 1. The van der Waals surface area contributed by atoms with Crippen molar-refractivity contribution >= 4 is 32.9 Å². The van der Waals surface area contributed by atoms with Gasteiger partial charge in [-0.25, -0.2) is 15.0 Å². The average molecular weight is 453 g/mol. The summed E-state index contributed by atoms with van der Waals surface area (Å²) in [6.07, 6.45) is 4.65. The molecule has 3 heterocycles. The van der Waals surface area contributed by atoms with Crippen LogP contribution in [0.25, 0.3) is 27.4 Å². The van der Waals surface area contributed by atoms with E-state index in [9.17, 15) is 4.79 Å². The highest BCUT2D eigenvalue weighted by Gasteiger charge is 2.18. The minimum atomic E-state index is -0.371. The molecule has 0 unspecified atom stereocenters. The lowest BCUT2D eigenvalue weighted by Gasteiger charge is -2.11. The summed E-state index contributed by atoms with van der Waals surface area (Å²) in [5.41, 5.74) is 3.53. The fourth-order valence-electron chi connectivity index (χ4n) is 3.27. The van der Waals surface area contributed by atoms with Crippen molar-refractivity contribution in [2.24, 2.45) is 0 Å². The van der Waals surface area contributed by atoms with Crippen LogP contribution in [0.1, 0.15) is 16.1 Å². The van der Waals surface area contributed by atoms with Crippen LogP contribution in [0.5, 0.6) is 5.75 Å². The Bertz CT molecular complexity index is 1520. The third-order valence-corrected chi connectivity index (χ3v) is 5.72. The van der Waals surface area contributed by atoms with E-state index in [1.54, 1.807) is 36.3 Å². The Balaban J connectivity index is 1.42. The molecule has 0 spiro atoms. The highest BCUT2D eigenvalue weighted by atomic mass is 32.1.